The minimum Gasteiger partial charge on any atom is -0.328 e. The molecule has 1 aliphatic heterocycles. The van der Waals surface area contributed by atoms with Crippen molar-refractivity contribution in [2.75, 3.05) is 13.1 Å². The lowest BCUT2D eigenvalue weighted by molar-refractivity contribution is 0.0502. The maximum atomic E-state index is 13.0. The first-order valence-electron chi connectivity index (χ1n) is 7.73. The van der Waals surface area contributed by atoms with Crippen LogP contribution in [0.25, 0.3) is 0 Å². The Balaban J connectivity index is 1.93. The molecule has 0 bridgehead atoms. The van der Waals surface area contributed by atoms with Gasteiger partial charge in [-0.15, -0.1) is 0 Å². The summed E-state index contributed by atoms with van der Waals surface area (Å²) in [6.45, 7) is 5.74. The summed E-state index contributed by atoms with van der Waals surface area (Å²) in [7, 11) is 0. The van der Waals surface area contributed by atoms with E-state index < -0.39 is 0 Å². The van der Waals surface area contributed by atoms with Gasteiger partial charge in [0.25, 0.3) is 5.91 Å². The van der Waals surface area contributed by atoms with Gasteiger partial charge in [0, 0.05) is 24.2 Å². The molecule has 1 aliphatic rings. The number of amides is 1. The van der Waals surface area contributed by atoms with Crippen LogP contribution in [0.15, 0.2) is 60.7 Å². The second kappa shape index (κ2) is 5.93. The van der Waals surface area contributed by atoms with Crippen molar-refractivity contribution in [2.24, 2.45) is 0 Å². The molecule has 3 heteroatoms. The van der Waals surface area contributed by atoms with E-state index in [-0.39, 0.29) is 17.5 Å². The molecule has 1 unspecified atom stereocenters. The summed E-state index contributed by atoms with van der Waals surface area (Å²) in [6.07, 6.45) is 0. The zero-order valence-electron chi connectivity index (χ0n) is 13.1. The summed E-state index contributed by atoms with van der Waals surface area (Å²) in [5.41, 5.74) is 1.85. The largest absolute Gasteiger partial charge is 0.328 e. The predicted octanol–water partition coefficient (Wildman–Crippen LogP) is 3.25. The van der Waals surface area contributed by atoms with E-state index in [1.54, 1.807) is 0 Å². The molecule has 1 saturated heterocycles. The van der Waals surface area contributed by atoms with E-state index in [9.17, 15) is 4.79 Å². The van der Waals surface area contributed by atoms with Crippen LogP contribution < -0.4 is 5.32 Å². The van der Waals surface area contributed by atoms with Crippen LogP contribution in [0.3, 0.4) is 0 Å². The Hall–Kier alpha value is -2.13. The molecule has 1 N–H and O–H groups in total. The lowest BCUT2D eigenvalue weighted by Gasteiger charge is -2.45. The number of hydrogen-bond acceptors (Lipinski definition) is 2. The molecule has 3 rings (SSSR count). The van der Waals surface area contributed by atoms with Gasteiger partial charge in [-0.25, -0.2) is 0 Å². The highest BCUT2D eigenvalue weighted by atomic mass is 16.2. The minimum absolute atomic E-state index is 0.0712. The van der Waals surface area contributed by atoms with Crippen LogP contribution in [0.1, 0.15) is 35.8 Å². The normalized spacial score (nSPS) is 20.6. The van der Waals surface area contributed by atoms with E-state index in [0.717, 1.165) is 12.1 Å². The van der Waals surface area contributed by atoms with Crippen molar-refractivity contribution in [1.29, 1.82) is 0 Å². The second-order valence-corrected chi connectivity index (χ2v) is 6.49. The molecule has 2 aromatic rings. The Morgan fingerprint density at radius 2 is 1.64 bits per heavy atom. The molecular weight excluding hydrogens is 272 g/mol. The molecule has 3 nitrogen and oxygen atoms in total. The average Bonchev–Trinajstić information content (AvgIpc) is 2.55. The van der Waals surface area contributed by atoms with Gasteiger partial charge in [-0.1, -0.05) is 48.5 Å². The number of nitrogens with zero attached hydrogens (tertiary/aromatic N) is 1. The fraction of sp³-hybridized carbons (Fsp3) is 0.316. The number of piperazine rings is 1. The highest BCUT2D eigenvalue weighted by molar-refractivity contribution is 5.94. The summed E-state index contributed by atoms with van der Waals surface area (Å²) >= 11 is 0. The van der Waals surface area contributed by atoms with Gasteiger partial charge < -0.3 is 10.2 Å². The number of benzene rings is 2. The molecule has 1 amide bonds. The topological polar surface area (TPSA) is 32.3 Å². The first-order chi connectivity index (χ1) is 10.6. The molecular formula is C19H22N2O. The quantitative estimate of drug-likeness (QED) is 0.922. The highest BCUT2D eigenvalue weighted by Crippen LogP contribution is 2.28. The van der Waals surface area contributed by atoms with E-state index in [2.05, 4.69) is 31.3 Å². The summed E-state index contributed by atoms with van der Waals surface area (Å²) in [5, 5.41) is 3.55. The van der Waals surface area contributed by atoms with Gasteiger partial charge >= 0.3 is 0 Å². The maximum Gasteiger partial charge on any atom is 0.254 e. The fourth-order valence-electron chi connectivity index (χ4n) is 3.01. The van der Waals surface area contributed by atoms with Crippen molar-refractivity contribution in [3.63, 3.8) is 0 Å². The molecule has 1 atom stereocenters. The summed E-state index contributed by atoms with van der Waals surface area (Å²) in [6, 6.07) is 19.9. The second-order valence-electron chi connectivity index (χ2n) is 6.49. The first kappa shape index (κ1) is 14.8. The van der Waals surface area contributed by atoms with E-state index in [4.69, 9.17) is 0 Å². The fourth-order valence-corrected chi connectivity index (χ4v) is 3.01. The van der Waals surface area contributed by atoms with Crippen molar-refractivity contribution in [2.45, 2.75) is 25.4 Å². The highest BCUT2D eigenvalue weighted by Gasteiger charge is 2.36. The minimum atomic E-state index is -0.0737. The van der Waals surface area contributed by atoms with Gasteiger partial charge in [0.2, 0.25) is 0 Å². The predicted molar refractivity (Wildman–Crippen MR) is 88.7 cm³/mol. The standard InChI is InChI=1S/C19H22N2O/c1-19(2)14-21(18(22)16-11-7-4-8-12-16)17(13-20-19)15-9-5-3-6-10-15/h3-12,17,20H,13-14H2,1-2H3. The van der Waals surface area contributed by atoms with Gasteiger partial charge in [0.15, 0.2) is 0 Å². The molecule has 0 radical (unpaired) electrons. The lowest BCUT2D eigenvalue weighted by atomic mass is 9.94. The first-order valence-corrected chi connectivity index (χ1v) is 7.73. The lowest BCUT2D eigenvalue weighted by Crippen LogP contribution is -2.59. The Kier molecular flexibility index (Phi) is 3.99. The van der Waals surface area contributed by atoms with E-state index in [1.165, 1.54) is 5.56 Å². The van der Waals surface area contributed by atoms with E-state index in [1.807, 2.05) is 53.4 Å². The van der Waals surface area contributed by atoms with Crippen LogP contribution in [0.2, 0.25) is 0 Å². The monoisotopic (exact) mass is 294 g/mol. The van der Waals surface area contributed by atoms with Gasteiger partial charge in [-0.2, -0.15) is 0 Å². The Morgan fingerprint density at radius 1 is 1.05 bits per heavy atom. The maximum absolute atomic E-state index is 13.0. The van der Waals surface area contributed by atoms with Gasteiger partial charge in [0.05, 0.1) is 6.04 Å². The van der Waals surface area contributed by atoms with Crippen LogP contribution >= 0.6 is 0 Å². The smallest absolute Gasteiger partial charge is 0.254 e. The number of nitrogens with one attached hydrogen (secondary N) is 1. The van der Waals surface area contributed by atoms with Crippen LogP contribution in [0, 0.1) is 0 Å². The third-order valence-electron chi connectivity index (χ3n) is 4.18. The number of carbonyl (C=O) groups is 1. The summed E-state index contributed by atoms with van der Waals surface area (Å²) in [4.78, 5) is 15.0. The van der Waals surface area contributed by atoms with E-state index in [0.29, 0.717) is 6.54 Å². The van der Waals surface area contributed by atoms with Crippen LogP contribution in [-0.2, 0) is 0 Å². The SMILES string of the molecule is CC1(C)CN(C(=O)c2ccccc2)C(c2ccccc2)CN1. The average molecular weight is 294 g/mol. The van der Waals surface area contributed by atoms with Crippen molar-refractivity contribution in [1.82, 2.24) is 10.2 Å². The molecule has 2 aromatic carbocycles. The summed E-state index contributed by atoms with van der Waals surface area (Å²) in [5.74, 6) is 0.101. The molecule has 1 fully saturated rings. The number of hydrogen-bond donors (Lipinski definition) is 1. The number of rotatable bonds is 2. The molecule has 114 valence electrons. The third-order valence-corrected chi connectivity index (χ3v) is 4.18. The van der Waals surface area contributed by atoms with Gasteiger partial charge in [-0.05, 0) is 31.5 Å². The van der Waals surface area contributed by atoms with Crippen molar-refractivity contribution in [3.05, 3.63) is 71.8 Å². The van der Waals surface area contributed by atoms with Crippen LogP contribution in [0.5, 0.6) is 0 Å². The van der Waals surface area contributed by atoms with E-state index >= 15 is 0 Å². The number of carbonyl (C=O) groups excluding carboxylic acids is 1. The van der Waals surface area contributed by atoms with Crippen molar-refractivity contribution >= 4 is 5.91 Å². The zero-order valence-corrected chi connectivity index (χ0v) is 13.1. The Morgan fingerprint density at radius 3 is 2.27 bits per heavy atom. The van der Waals surface area contributed by atoms with Gasteiger partial charge in [0.1, 0.15) is 0 Å². The molecule has 0 aromatic heterocycles. The van der Waals surface area contributed by atoms with Gasteiger partial charge in [-0.3, -0.25) is 4.79 Å². The zero-order chi connectivity index (χ0) is 15.6. The third kappa shape index (κ3) is 3.04. The Bertz CT molecular complexity index is 637. The Labute approximate surface area is 132 Å². The van der Waals surface area contributed by atoms with Crippen LogP contribution in [0.4, 0.5) is 0 Å². The molecule has 0 saturated carbocycles. The molecule has 1 heterocycles. The molecule has 0 aliphatic carbocycles. The molecule has 0 spiro atoms. The van der Waals surface area contributed by atoms with Crippen molar-refractivity contribution in [3.8, 4) is 0 Å². The summed E-state index contributed by atoms with van der Waals surface area (Å²) < 4.78 is 0. The van der Waals surface area contributed by atoms with Crippen LogP contribution in [-0.4, -0.2) is 29.4 Å². The van der Waals surface area contributed by atoms with Crippen molar-refractivity contribution < 1.29 is 4.79 Å². The molecule has 22 heavy (non-hydrogen) atoms.